The van der Waals surface area contributed by atoms with Crippen LogP contribution in [0.25, 0.3) is 0 Å². The van der Waals surface area contributed by atoms with E-state index in [2.05, 4.69) is 19.1 Å². The van der Waals surface area contributed by atoms with Crippen LogP contribution in [0.2, 0.25) is 0 Å². The van der Waals surface area contributed by atoms with Crippen molar-refractivity contribution < 1.29 is 4.74 Å². The van der Waals surface area contributed by atoms with Gasteiger partial charge in [0, 0.05) is 6.54 Å². The fourth-order valence-electron chi connectivity index (χ4n) is 0.760. The van der Waals surface area contributed by atoms with E-state index in [1.165, 1.54) is 11.1 Å². The molecule has 0 amide bonds. The van der Waals surface area contributed by atoms with Crippen molar-refractivity contribution in [3.05, 3.63) is 23.3 Å². The minimum absolute atomic E-state index is 0.386. The van der Waals surface area contributed by atoms with E-state index in [1.54, 1.807) is 0 Å². The molecule has 0 aromatic heterocycles. The summed E-state index contributed by atoms with van der Waals surface area (Å²) in [6.45, 7) is 9.63. The molecule has 1 atom stereocenters. The van der Waals surface area contributed by atoms with Crippen molar-refractivity contribution in [1.82, 2.24) is 0 Å². The molecule has 1 rings (SSSR count). The summed E-state index contributed by atoms with van der Waals surface area (Å²) in [6, 6.07) is 0. The van der Waals surface area contributed by atoms with Crippen molar-refractivity contribution in [2.45, 2.75) is 33.8 Å². The van der Waals surface area contributed by atoms with Gasteiger partial charge in [0.15, 0.2) is 0 Å². The summed E-state index contributed by atoms with van der Waals surface area (Å²) >= 11 is 0. The second-order valence-electron chi connectivity index (χ2n) is 2.95. The van der Waals surface area contributed by atoms with Crippen LogP contribution in [0.4, 0.5) is 0 Å². The van der Waals surface area contributed by atoms with Crippen LogP contribution in [0.1, 0.15) is 27.7 Å². The third-order valence-electron chi connectivity index (χ3n) is 1.79. The predicted octanol–water partition coefficient (Wildman–Crippen LogP) is 2.26. The van der Waals surface area contributed by atoms with Crippen molar-refractivity contribution in [2.75, 3.05) is 13.2 Å². The van der Waals surface area contributed by atoms with Crippen LogP contribution in [-0.2, 0) is 4.74 Å². The molecule has 1 aliphatic heterocycles. The van der Waals surface area contributed by atoms with Crippen LogP contribution >= 0.6 is 0 Å². The summed E-state index contributed by atoms with van der Waals surface area (Å²) in [4.78, 5) is 0. The molecule has 0 spiro atoms. The molecule has 0 aliphatic carbocycles. The Morgan fingerprint density at radius 2 is 1.92 bits per heavy atom. The summed E-state index contributed by atoms with van der Waals surface area (Å²) < 4.78 is 5.11. The van der Waals surface area contributed by atoms with Gasteiger partial charge in [0.2, 0.25) is 0 Å². The van der Waals surface area contributed by atoms with Gasteiger partial charge in [-0.05, 0) is 19.4 Å². The number of ether oxygens (including phenoxy) is 1. The Morgan fingerprint density at radius 3 is 2.31 bits per heavy atom. The minimum atomic E-state index is 0.386. The smallest absolute Gasteiger partial charge is 0.102 e. The summed E-state index contributed by atoms with van der Waals surface area (Å²) in [5.41, 5.74) is 7.91. The molecule has 13 heavy (non-hydrogen) atoms. The van der Waals surface area contributed by atoms with Gasteiger partial charge < -0.3 is 10.5 Å². The van der Waals surface area contributed by atoms with Crippen molar-refractivity contribution in [1.29, 1.82) is 0 Å². The average molecular weight is 183 g/mol. The Bertz CT molecular complexity index is 190. The molecule has 1 saturated heterocycles. The number of hydrogen-bond acceptors (Lipinski definition) is 2. The minimum Gasteiger partial charge on any atom is -0.368 e. The lowest BCUT2D eigenvalue weighted by molar-refractivity contribution is 0.432. The number of nitrogens with two attached hydrogens (primary N) is 1. The highest BCUT2D eigenvalue weighted by atomic mass is 16.6. The number of allylic oxidation sites excluding steroid dienone is 2. The molecular weight excluding hydrogens is 162 g/mol. The summed E-state index contributed by atoms with van der Waals surface area (Å²) in [5, 5.41) is 0. The summed E-state index contributed by atoms with van der Waals surface area (Å²) in [6.07, 6.45) is 4.52. The Labute approximate surface area is 81.5 Å². The second-order valence-corrected chi connectivity index (χ2v) is 2.95. The second kappa shape index (κ2) is 6.87. The highest BCUT2D eigenvalue weighted by Crippen LogP contribution is 2.18. The van der Waals surface area contributed by atoms with Gasteiger partial charge in [0.25, 0.3) is 0 Å². The van der Waals surface area contributed by atoms with Crippen LogP contribution in [-0.4, -0.2) is 19.3 Å². The third-order valence-corrected chi connectivity index (χ3v) is 1.79. The SMILES string of the molecule is C/C(=C\C=C(/C)C1CO1)CN.CC. The van der Waals surface area contributed by atoms with E-state index >= 15 is 0 Å². The molecule has 2 heteroatoms. The Morgan fingerprint density at radius 1 is 1.38 bits per heavy atom. The molecular formula is C11H21NO. The van der Waals surface area contributed by atoms with Crippen LogP contribution in [0.5, 0.6) is 0 Å². The molecule has 0 radical (unpaired) electrons. The summed E-state index contributed by atoms with van der Waals surface area (Å²) in [5.74, 6) is 0. The number of hydrogen-bond donors (Lipinski definition) is 1. The van der Waals surface area contributed by atoms with Crippen molar-refractivity contribution in [3.63, 3.8) is 0 Å². The fraction of sp³-hybridized carbons (Fsp3) is 0.636. The van der Waals surface area contributed by atoms with Crippen LogP contribution in [0.15, 0.2) is 23.3 Å². The standard InChI is InChI=1S/C9H15NO.C2H6/c1-7(5-10)3-4-8(2)9-6-11-9;1-2/h3-4,9H,5-6,10H2,1-2H3;1-2H3/b7-3+,8-4+;. The Kier molecular flexibility index (Phi) is 6.55. The van der Waals surface area contributed by atoms with Gasteiger partial charge in [0.05, 0.1) is 6.61 Å². The van der Waals surface area contributed by atoms with Gasteiger partial charge in [-0.3, -0.25) is 0 Å². The molecule has 1 fully saturated rings. The van der Waals surface area contributed by atoms with Crippen molar-refractivity contribution >= 4 is 0 Å². The topological polar surface area (TPSA) is 38.5 Å². The first-order chi connectivity index (χ1) is 6.24. The van der Waals surface area contributed by atoms with Crippen LogP contribution in [0.3, 0.4) is 0 Å². The van der Waals surface area contributed by atoms with E-state index in [0.717, 1.165) is 6.61 Å². The zero-order valence-electron chi connectivity index (χ0n) is 9.13. The molecule has 0 aromatic rings. The molecule has 0 bridgehead atoms. The highest BCUT2D eigenvalue weighted by molar-refractivity contribution is 5.20. The van der Waals surface area contributed by atoms with E-state index in [1.807, 2.05) is 20.8 Å². The first kappa shape index (κ1) is 12.4. The molecule has 2 N–H and O–H groups in total. The molecule has 0 saturated carbocycles. The van der Waals surface area contributed by atoms with Crippen molar-refractivity contribution in [2.24, 2.45) is 5.73 Å². The summed E-state index contributed by atoms with van der Waals surface area (Å²) in [7, 11) is 0. The number of rotatable bonds is 3. The first-order valence-corrected chi connectivity index (χ1v) is 4.89. The van der Waals surface area contributed by atoms with E-state index in [0.29, 0.717) is 12.6 Å². The van der Waals surface area contributed by atoms with E-state index < -0.39 is 0 Å². The highest BCUT2D eigenvalue weighted by Gasteiger charge is 2.23. The van der Waals surface area contributed by atoms with Gasteiger partial charge in [-0.15, -0.1) is 0 Å². The lowest BCUT2D eigenvalue weighted by Gasteiger charge is -1.93. The maximum absolute atomic E-state index is 5.42. The third kappa shape index (κ3) is 5.61. The van der Waals surface area contributed by atoms with E-state index in [4.69, 9.17) is 10.5 Å². The Balaban J connectivity index is 0.000000671. The molecule has 2 nitrogen and oxygen atoms in total. The maximum atomic E-state index is 5.42. The van der Waals surface area contributed by atoms with E-state index in [-0.39, 0.29) is 0 Å². The first-order valence-electron chi connectivity index (χ1n) is 4.89. The zero-order chi connectivity index (χ0) is 10.3. The zero-order valence-corrected chi connectivity index (χ0v) is 9.13. The normalized spacial score (nSPS) is 22.1. The molecule has 0 aromatic carbocycles. The molecule has 1 aliphatic rings. The van der Waals surface area contributed by atoms with Crippen LogP contribution in [0, 0.1) is 0 Å². The number of epoxide rings is 1. The monoisotopic (exact) mass is 183 g/mol. The van der Waals surface area contributed by atoms with Crippen molar-refractivity contribution in [3.8, 4) is 0 Å². The van der Waals surface area contributed by atoms with Crippen LogP contribution < -0.4 is 5.73 Å². The maximum Gasteiger partial charge on any atom is 0.102 e. The molecule has 1 heterocycles. The predicted molar refractivity (Wildman–Crippen MR) is 57.7 cm³/mol. The van der Waals surface area contributed by atoms with Gasteiger partial charge in [-0.2, -0.15) is 0 Å². The lowest BCUT2D eigenvalue weighted by atomic mass is 10.2. The lowest BCUT2D eigenvalue weighted by Crippen LogP contribution is -1.99. The van der Waals surface area contributed by atoms with E-state index in [9.17, 15) is 0 Å². The largest absolute Gasteiger partial charge is 0.368 e. The average Bonchev–Trinajstić information content (AvgIpc) is 3.00. The molecule has 76 valence electrons. The molecule has 1 unspecified atom stereocenters. The fourth-order valence-corrected chi connectivity index (χ4v) is 0.760. The van der Waals surface area contributed by atoms with Gasteiger partial charge >= 0.3 is 0 Å². The Hall–Kier alpha value is -0.600. The van der Waals surface area contributed by atoms with Gasteiger partial charge in [-0.25, -0.2) is 0 Å². The quantitative estimate of drug-likeness (QED) is 0.538. The van der Waals surface area contributed by atoms with Gasteiger partial charge in [-0.1, -0.05) is 31.6 Å². The van der Waals surface area contributed by atoms with Gasteiger partial charge in [0.1, 0.15) is 6.10 Å².